The molecule has 0 aliphatic rings. The molecule has 0 bridgehead atoms. The summed E-state index contributed by atoms with van der Waals surface area (Å²) in [7, 11) is 0. The van der Waals surface area contributed by atoms with Gasteiger partial charge in [0.2, 0.25) is 5.91 Å². The van der Waals surface area contributed by atoms with Crippen LogP contribution in [0.1, 0.15) is 46.2 Å². The smallest absolute Gasteiger partial charge is 0.290 e. The molecule has 0 aliphatic carbocycles. The first-order valence-electron chi connectivity index (χ1n) is 10.00. The van der Waals surface area contributed by atoms with E-state index in [1.807, 2.05) is 6.07 Å². The number of H-pyrrole nitrogens is 1. The van der Waals surface area contributed by atoms with Gasteiger partial charge >= 0.3 is 0 Å². The number of fused-ring (bicyclic) bond motifs is 1. The van der Waals surface area contributed by atoms with Gasteiger partial charge in [-0.25, -0.2) is 4.68 Å². The lowest BCUT2D eigenvalue weighted by atomic mass is 9.99. The zero-order chi connectivity index (χ0) is 23.4. The van der Waals surface area contributed by atoms with Gasteiger partial charge in [0.25, 0.3) is 17.0 Å². The molecule has 0 unspecified atom stereocenters. The number of aryl methyl sites for hydroxylation is 2. The third-order valence-corrected chi connectivity index (χ3v) is 5.22. The fraction of sp³-hybridized carbons (Fsp3) is 0.273. The van der Waals surface area contributed by atoms with Crippen LogP contribution in [0.2, 0.25) is 0 Å². The van der Waals surface area contributed by atoms with E-state index in [0.717, 1.165) is 0 Å². The minimum absolute atomic E-state index is 0.0154. The number of hydrazine groups is 1. The largest absolute Gasteiger partial charge is 0.325 e. The summed E-state index contributed by atoms with van der Waals surface area (Å²) in [6.45, 7) is 5.39. The molecule has 0 radical (unpaired) electrons. The van der Waals surface area contributed by atoms with E-state index in [-0.39, 0.29) is 29.7 Å². The van der Waals surface area contributed by atoms with Gasteiger partial charge < -0.3 is 4.98 Å². The lowest BCUT2D eigenvalue weighted by Gasteiger charge is -2.12. The van der Waals surface area contributed by atoms with Crippen LogP contribution < -0.4 is 22.0 Å². The number of aromatic nitrogens is 3. The highest BCUT2D eigenvalue weighted by Crippen LogP contribution is 2.15. The highest BCUT2D eigenvalue weighted by molar-refractivity contribution is 6.05. The number of carbonyl (C=O) groups is 2. The van der Waals surface area contributed by atoms with E-state index in [4.69, 9.17) is 5.26 Å². The summed E-state index contributed by atoms with van der Waals surface area (Å²) in [5.74, 6) is -1.12. The Labute approximate surface area is 182 Å². The lowest BCUT2D eigenvalue weighted by Crippen LogP contribution is -2.43. The standard InChI is InChI=1S/C22H22N6O4/c1-4-28-22(32)16-8-6-5-7-15(16)19(27-28)21(31)26-25-18(29)10-9-14-12(2)17(11-23)20(30)24-13(14)3/h5-8H,4,9-10H2,1-3H3,(H,24,30)(H,25,29)(H,26,31). The SMILES string of the molecule is CCn1nc(C(=O)NNC(=O)CCc2c(C)[nH]c(=O)c(C#N)c2C)c2ccccc2c1=O. The average Bonchev–Trinajstić information content (AvgIpc) is 2.77. The molecule has 10 nitrogen and oxygen atoms in total. The van der Waals surface area contributed by atoms with E-state index in [2.05, 4.69) is 20.9 Å². The van der Waals surface area contributed by atoms with E-state index in [0.29, 0.717) is 34.1 Å². The molecule has 0 saturated heterocycles. The highest BCUT2D eigenvalue weighted by atomic mass is 16.2. The Kier molecular flexibility index (Phi) is 6.49. The lowest BCUT2D eigenvalue weighted by molar-refractivity contribution is -0.121. The molecular weight excluding hydrogens is 412 g/mol. The van der Waals surface area contributed by atoms with E-state index in [9.17, 15) is 19.2 Å². The summed E-state index contributed by atoms with van der Waals surface area (Å²) >= 11 is 0. The summed E-state index contributed by atoms with van der Waals surface area (Å²) in [5.41, 5.74) is 5.77. The number of pyridine rings is 1. The molecule has 1 aromatic carbocycles. The van der Waals surface area contributed by atoms with Crippen LogP contribution >= 0.6 is 0 Å². The molecule has 164 valence electrons. The van der Waals surface area contributed by atoms with Crippen molar-refractivity contribution in [3.05, 3.63) is 73.1 Å². The molecule has 10 heteroatoms. The summed E-state index contributed by atoms with van der Waals surface area (Å²) < 4.78 is 1.19. The maximum Gasteiger partial charge on any atom is 0.290 e. The van der Waals surface area contributed by atoms with Crippen molar-refractivity contribution in [3.63, 3.8) is 0 Å². The molecule has 2 amide bonds. The Morgan fingerprint density at radius 2 is 1.84 bits per heavy atom. The monoisotopic (exact) mass is 434 g/mol. The van der Waals surface area contributed by atoms with E-state index < -0.39 is 17.4 Å². The first-order valence-corrected chi connectivity index (χ1v) is 10.00. The Bertz CT molecular complexity index is 1380. The summed E-state index contributed by atoms with van der Waals surface area (Å²) in [4.78, 5) is 51.8. The molecule has 0 fully saturated rings. The number of carbonyl (C=O) groups excluding carboxylic acids is 2. The van der Waals surface area contributed by atoms with Crippen LogP contribution in [-0.4, -0.2) is 26.6 Å². The number of hydrogen-bond acceptors (Lipinski definition) is 6. The van der Waals surface area contributed by atoms with Crippen LogP contribution in [0.25, 0.3) is 10.8 Å². The van der Waals surface area contributed by atoms with Crippen LogP contribution in [-0.2, 0) is 17.8 Å². The van der Waals surface area contributed by atoms with E-state index in [1.54, 1.807) is 45.0 Å². The summed E-state index contributed by atoms with van der Waals surface area (Å²) in [6, 6.07) is 8.50. The minimum atomic E-state index is -0.653. The van der Waals surface area contributed by atoms with Crippen molar-refractivity contribution in [1.82, 2.24) is 25.6 Å². The molecule has 0 spiro atoms. The molecule has 3 N–H and O–H groups in total. The third kappa shape index (κ3) is 4.27. The quantitative estimate of drug-likeness (QED) is 0.510. The molecule has 32 heavy (non-hydrogen) atoms. The predicted octanol–water partition coefficient (Wildman–Crippen LogP) is 0.987. The molecule has 3 rings (SSSR count). The van der Waals surface area contributed by atoms with Crippen molar-refractivity contribution in [2.75, 3.05) is 0 Å². The molecule has 2 aromatic heterocycles. The van der Waals surface area contributed by atoms with E-state index in [1.165, 1.54) is 4.68 Å². The predicted molar refractivity (Wildman–Crippen MR) is 117 cm³/mol. The van der Waals surface area contributed by atoms with Crippen molar-refractivity contribution in [2.24, 2.45) is 0 Å². The highest BCUT2D eigenvalue weighted by Gasteiger charge is 2.17. The second-order valence-corrected chi connectivity index (χ2v) is 7.19. The second-order valence-electron chi connectivity index (χ2n) is 7.19. The normalized spacial score (nSPS) is 10.6. The van der Waals surface area contributed by atoms with Crippen molar-refractivity contribution < 1.29 is 9.59 Å². The number of rotatable bonds is 5. The van der Waals surface area contributed by atoms with Crippen molar-refractivity contribution in [2.45, 2.75) is 40.2 Å². The average molecular weight is 434 g/mol. The maximum absolute atomic E-state index is 12.7. The van der Waals surface area contributed by atoms with Crippen LogP contribution in [0.3, 0.4) is 0 Å². The van der Waals surface area contributed by atoms with Gasteiger partial charge in [0.05, 0.1) is 5.39 Å². The third-order valence-electron chi connectivity index (χ3n) is 5.22. The van der Waals surface area contributed by atoms with Gasteiger partial charge in [-0.15, -0.1) is 0 Å². The molecular formula is C22H22N6O4. The molecule has 3 aromatic rings. The molecule has 0 saturated carbocycles. The van der Waals surface area contributed by atoms with Crippen molar-refractivity contribution in [3.8, 4) is 6.07 Å². The number of hydrogen-bond donors (Lipinski definition) is 3. The number of nitrogens with one attached hydrogen (secondary N) is 3. The number of aromatic amines is 1. The first-order chi connectivity index (χ1) is 15.3. The number of nitriles is 1. The number of nitrogens with zero attached hydrogens (tertiary/aromatic N) is 3. The van der Waals surface area contributed by atoms with Crippen LogP contribution in [0.5, 0.6) is 0 Å². The number of benzene rings is 1. The Morgan fingerprint density at radius 1 is 1.16 bits per heavy atom. The Balaban J connectivity index is 1.73. The maximum atomic E-state index is 12.7. The second kappa shape index (κ2) is 9.26. The van der Waals surface area contributed by atoms with Crippen LogP contribution in [0.4, 0.5) is 0 Å². The fourth-order valence-electron chi connectivity index (χ4n) is 3.52. The molecule has 0 aliphatic heterocycles. The molecule has 2 heterocycles. The molecule has 0 atom stereocenters. The summed E-state index contributed by atoms with van der Waals surface area (Å²) in [5, 5.41) is 14.0. The van der Waals surface area contributed by atoms with Crippen LogP contribution in [0.15, 0.2) is 33.9 Å². The first kappa shape index (κ1) is 22.4. The topological polar surface area (TPSA) is 150 Å². The van der Waals surface area contributed by atoms with Crippen molar-refractivity contribution in [1.29, 1.82) is 5.26 Å². The van der Waals surface area contributed by atoms with Gasteiger partial charge in [0.15, 0.2) is 5.69 Å². The number of amides is 2. The Hall–Kier alpha value is -4.26. The minimum Gasteiger partial charge on any atom is -0.325 e. The van der Waals surface area contributed by atoms with Crippen LogP contribution in [0, 0.1) is 25.2 Å². The van der Waals surface area contributed by atoms with E-state index >= 15 is 0 Å². The van der Waals surface area contributed by atoms with Gasteiger partial charge in [-0.3, -0.25) is 30.0 Å². The summed E-state index contributed by atoms with van der Waals surface area (Å²) in [6.07, 6.45) is 0.286. The van der Waals surface area contributed by atoms with Gasteiger partial charge in [0.1, 0.15) is 11.6 Å². The van der Waals surface area contributed by atoms with Gasteiger partial charge in [-0.05, 0) is 44.4 Å². The van der Waals surface area contributed by atoms with Crippen molar-refractivity contribution >= 4 is 22.6 Å². The van der Waals surface area contributed by atoms with Gasteiger partial charge in [0, 0.05) is 24.0 Å². The fourth-order valence-corrected chi connectivity index (χ4v) is 3.52. The zero-order valence-electron chi connectivity index (χ0n) is 17.9. The van der Waals surface area contributed by atoms with Gasteiger partial charge in [-0.2, -0.15) is 10.4 Å². The zero-order valence-corrected chi connectivity index (χ0v) is 17.9. The van der Waals surface area contributed by atoms with Gasteiger partial charge in [-0.1, -0.05) is 18.2 Å². The Morgan fingerprint density at radius 3 is 2.50 bits per heavy atom.